The summed E-state index contributed by atoms with van der Waals surface area (Å²) in [7, 11) is -1.83. The van der Waals surface area contributed by atoms with E-state index in [0.717, 1.165) is 24.6 Å². The first kappa shape index (κ1) is 16.3. The van der Waals surface area contributed by atoms with E-state index in [1.54, 1.807) is 19.2 Å². The average Bonchev–Trinajstić information content (AvgIpc) is 2.93. The Labute approximate surface area is 137 Å². The number of rotatable bonds is 3. The fourth-order valence-corrected chi connectivity index (χ4v) is 4.03. The van der Waals surface area contributed by atoms with E-state index < -0.39 is 10.0 Å². The van der Waals surface area contributed by atoms with E-state index in [4.69, 9.17) is 5.14 Å². The fraction of sp³-hybridized carbons (Fsp3) is 0.562. The Balaban J connectivity index is 1.58. The third-order valence-corrected chi connectivity index (χ3v) is 6.00. The normalized spacial score (nSPS) is 20.6. The summed E-state index contributed by atoms with van der Waals surface area (Å²) in [5.41, 5.74) is 1.53. The highest BCUT2D eigenvalue weighted by Gasteiger charge is 2.43. The number of nitrogens with zero attached hydrogens (tertiary/aromatic N) is 2. The molecule has 0 aromatic heterocycles. The van der Waals surface area contributed by atoms with Gasteiger partial charge in [0, 0.05) is 26.7 Å². The minimum absolute atomic E-state index is 0.136. The predicted octanol–water partition coefficient (Wildman–Crippen LogP) is 1.29. The number of aliphatic imine (C=N–C) groups is 1. The molecule has 1 saturated carbocycles. The highest BCUT2D eigenvalue weighted by molar-refractivity contribution is 7.89. The maximum atomic E-state index is 11.3. The number of primary sulfonamides is 1. The summed E-state index contributed by atoms with van der Waals surface area (Å²) in [4.78, 5) is 6.85. The highest BCUT2D eigenvalue weighted by atomic mass is 32.2. The molecule has 0 bridgehead atoms. The van der Waals surface area contributed by atoms with Gasteiger partial charge in [-0.3, -0.25) is 4.99 Å². The molecule has 1 saturated heterocycles. The van der Waals surface area contributed by atoms with Crippen LogP contribution in [0.5, 0.6) is 0 Å². The molecule has 2 fully saturated rings. The summed E-state index contributed by atoms with van der Waals surface area (Å²) >= 11 is 0. The van der Waals surface area contributed by atoms with Gasteiger partial charge in [-0.25, -0.2) is 13.6 Å². The molecule has 126 valence electrons. The molecule has 0 amide bonds. The molecule has 7 heteroatoms. The second-order valence-electron chi connectivity index (χ2n) is 6.61. The number of likely N-dealkylation sites (tertiary alicyclic amines) is 1. The lowest BCUT2D eigenvalue weighted by atomic mass is 9.68. The van der Waals surface area contributed by atoms with Crippen LogP contribution < -0.4 is 10.5 Å². The molecule has 1 aliphatic carbocycles. The quantitative estimate of drug-likeness (QED) is 0.643. The number of nitrogens with one attached hydrogen (secondary N) is 1. The van der Waals surface area contributed by atoms with Crippen LogP contribution in [0.15, 0.2) is 34.2 Å². The molecule has 1 spiro atoms. The van der Waals surface area contributed by atoms with Crippen LogP contribution in [0.1, 0.15) is 31.2 Å². The Morgan fingerprint density at radius 1 is 1.30 bits per heavy atom. The molecule has 2 aliphatic rings. The van der Waals surface area contributed by atoms with Gasteiger partial charge in [0.25, 0.3) is 0 Å². The smallest absolute Gasteiger partial charge is 0.238 e. The van der Waals surface area contributed by atoms with Gasteiger partial charge >= 0.3 is 0 Å². The van der Waals surface area contributed by atoms with Gasteiger partial charge in [-0.05, 0) is 42.4 Å². The van der Waals surface area contributed by atoms with Gasteiger partial charge in [-0.1, -0.05) is 18.6 Å². The van der Waals surface area contributed by atoms with Crippen molar-refractivity contribution in [2.24, 2.45) is 15.5 Å². The third kappa shape index (κ3) is 3.50. The standard InChI is InChI=1S/C16H24N4O2S/c1-18-15(20-10-9-16(12-20)7-2-8-16)19-11-13-3-5-14(6-4-13)23(17,21)22/h3-6H,2,7-12H2,1H3,(H,18,19)(H2,17,21,22). The predicted molar refractivity (Wildman–Crippen MR) is 90.5 cm³/mol. The first-order chi connectivity index (χ1) is 10.9. The number of hydrogen-bond acceptors (Lipinski definition) is 3. The third-order valence-electron chi connectivity index (χ3n) is 5.07. The highest BCUT2D eigenvalue weighted by Crippen LogP contribution is 2.47. The zero-order valence-corrected chi connectivity index (χ0v) is 14.3. The summed E-state index contributed by atoms with van der Waals surface area (Å²) in [5, 5.41) is 8.48. The lowest BCUT2D eigenvalue weighted by Gasteiger charge is -2.38. The van der Waals surface area contributed by atoms with Gasteiger partial charge < -0.3 is 10.2 Å². The summed E-state index contributed by atoms with van der Waals surface area (Å²) in [6, 6.07) is 6.62. The topological polar surface area (TPSA) is 87.8 Å². The van der Waals surface area contributed by atoms with Crippen LogP contribution >= 0.6 is 0 Å². The second kappa shape index (κ2) is 6.13. The molecule has 1 aliphatic heterocycles. The molecule has 1 heterocycles. The van der Waals surface area contributed by atoms with Crippen molar-refractivity contribution in [3.05, 3.63) is 29.8 Å². The maximum Gasteiger partial charge on any atom is 0.238 e. The Bertz CT molecular complexity index is 693. The Hall–Kier alpha value is -1.60. The van der Waals surface area contributed by atoms with Crippen LogP contribution in [0.4, 0.5) is 0 Å². The molecule has 3 N–H and O–H groups in total. The Morgan fingerprint density at radius 3 is 2.48 bits per heavy atom. The van der Waals surface area contributed by atoms with Crippen molar-refractivity contribution in [2.75, 3.05) is 20.1 Å². The molecule has 0 radical (unpaired) electrons. The van der Waals surface area contributed by atoms with Crippen LogP contribution in [0, 0.1) is 5.41 Å². The van der Waals surface area contributed by atoms with Gasteiger partial charge in [0.1, 0.15) is 0 Å². The first-order valence-corrected chi connectivity index (χ1v) is 9.54. The summed E-state index contributed by atoms with van der Waals surface area (Å²) in [5.74, 6) is 0.921. The van der Waals surface area contributed by atoms with Crippen LogP contribution in [0.25, 0.3) is 0 Å². The first-order valence-electron chi connectivity index (χ1n) is 7.99. The zero-order chi connectivity index (χ0) is 16.5. The number of hydrogen-bond donors (Lipinski definition) is 2. The monoisotopic (exact) mass is 336 g/mol. The van der Waals surface area contributed by atoms with Gasteiger partial charge in [0.2, 0.25) is 10.0 Å². The van der Waals surface area contributed by atoms with E-state index >= 15 is 0 Å². The largest absolute Gasteiger partial charge is 0.352 e. The molecule has 3 rings (SSSR count). The van der Waals surface area contributed by atoms with Crippen LogP contribution in [-0.4, -0.2) is 39.4 Å². The zero-order valence-electron chi connectivity index (χ0n) is 13.5. The van der Waals surface area contributed by atoms with E-state index in [9.17, 15) is 8.42 Å². The van der Waals surface area contributed by atoms with Crippen LogP contribution in [-0.2, 0) is 16.6 Å². The van der Waals surface area contributed by atoms with E-state index in [1.165, 1.54) is 37.8 Å². The van der Waals surface area contributed by atoms with Gasteiger partial charge in [-0.2, -0.15) is 0 Å². The Morgan fingerprint density at radius 2 is 2.00 bits per heavy atom. The van der Waals surface area contributed by atoms with Crippen LogP contribution in [0.3, 0.4) is 0 Å². The van der Waals surface area contributed by atoms with E-state index in [1.807, 2.05) is 0 Å². The van der Waals surface area contributed by atoms with Crippen molar-refractivity contribution in [3.8, 4) is 0 Å². The van der Waals surface area contributed by atoms with Crippen molar-refractivity contribution in [3.63, 3.8) is 0 Å². The van der Waals surface area contributed by atoms with Crippen molar-refractivity contribution >= 4 is 16.0 Å². The maximum absolute atomic E-state index is 11.3. The molecule has 0 unspecified atom stereocenters. The van der Waals surface area contributed by atoms with Crippen molar-refractivity contribution in [1.82, 2.24) is 10.2 Å². The lowest BCUT2D eigenvalue weighted by molar-refractivity contribution is 0.151. The number of benzene rings is 1. The van der Waals surface area contributed by atoms with E-state index in [-0.39, 0.29) is 4.90 Å². The lowest BCUT2D eigenvalue weighted by Crippen LogP contribution is -2.42. The summed E-state index contributed by atoms with van der Waals surface area (Å²) in [6.45, 7) is 2.77. The van der Waals surface area contributed by atoms with Gasteiger partial charge in [-0.15, -0.1) is 0 Å². The number of guanidine groups is 1. The Kier molecular flexibility index (Phi) is 4.33. The molecular formula is C16H24N4O2S. The second-order valence-corrected chi connectivity index (χ2v) is 8.18. The molecule has 6 nitrogen and oxygen atoms in total. The van der Waals surface area contributed by atoms with E-state index in [2.05, 4.69) is 15.2 Å². The molecule has 1 aromatic rings. The average molecular weight is 336 g/mol. The van der Waals surface area contributed by atoms with Gasteiger partial charge in [0.05, 0.1) is 4.90 Å². The fourth-order valence-electron chi connectivity index (χ4n) is 3.51. The molecular weight excluding hydrogens is 312 g/mol. The minimum atomic E-state index is -3.63. The SMILES string of the molecule is CN=C(NCc1ccc(S(N)(=O)=O)cc1)N1CCC2(CCC2)C1. The van der Waals surface area contributed by atoms with Crippen molar-refractivity contribution in [1.29, 1.82) is 0 Å². The van der Waals surface area contributed by atoms with Crippen LogP contribution in [0.2, 0.25) is 0 Å². The van der Waals surface area contributed by atoms with E-state index in [0.29, 0.717) is 12.0 Å². The van der Waals surface area contributed by atoms with Crippen molar-refractivity contribution in [2.45, 2.75) is 37.1 Å². The number of nitrogens with two attached hydrogens (primary N) is 1. The molecule has 0 atom stereocenters. The van der Waals surface area contributed by atoms with Crippen molar-refractivity contribution < 1.29 is 8.42 Å². The molecule has 1 aromatic carbocycles. The van der Waals surface area contributed by atoms with Gasteiger partial charge in [0.15, 0.2) is 5.96 Å². The molecule has 23 heavy (non-hydrogen) atoms. The minimum Gasteiger partial charge on any atom is -0.352 e. The summed E-state index contributed by atoms with van der Waals surface area (Å²) < 4.78 is 22.5. The summed E-state index contributed by atoms with van der Waals surface area (Å²) in [6.07, 6.45) is 5.30. The number of sulfonamides is 1.